The van der Waals surface area contributed by atoms with Gasteiger partial charge >= 0.3 is 0 Å². The van der Waals surface area contributed by atoms with Crippen LogP contribution >= 0.6 is 0 Å². The maximum atomic E-state index is 4.77. The van der Waals surface area contributed by atoms with Crippen molar-refractivity contribution in [2.45, 2.75) is 44.9 Å². The highest BCUT2D eigenvalue weighted by atomic mass is 14.9. The Kier molecular flexibility index (Phi) is 3.62. The zero-order valence-corrected chi connectivity index (χ0v) is 14.3. The average Bonchev–Trinajstić information content (AvgIpc) is 3.05. The summed E-state index contributed by atoms with van der Waals surface area (Å²) in [5, 5.41) is 0. The van der Waals surface area contributed by atoms with E-state index >= 15 is 0 Å². The molecule has 2 heterocycles. The molecule has 0 aliphatic heterocycles. The highest BCUT2D eigenvalue weighted by Gasteiger charge is 2.15. The molecule has 0 bridgehead atoms. The van der Waals surface area contributed by atoms with Crippen molar-refractivity contribution < 1.29 is 0 Å². The van der Waals surface area contributed by atoms with E-state index in [9.17, 15) is 0 Å². The summed E-state index contributed by atoms with van der Waals surface area (Å²) in [6, 6.07) is 12.3. The van der Waals surface area contributed by atoms with Crippen LogP contribution < -0.4 is 0 Å². The van der Waals surface area contributed by atoms with Crippen LogP contribution in [0.15, 0.2) is 36.4 Å². The van der Waals surface area contributed by atoms with Gasteiger partial charge in [-0.05, 0) is 36.6 Å². The van der Waals surface area contributed by atoms with Crippen LogP contribution in [0.5, 0.6) is 0 Å². The number of imidazole rings is 1. The third-order valence-electron chi connectivity index (χ3n) is 5.51. The number of para-hydroxylation sites is 2. The number of aromatic nitrogens is 4. The number of nitrogens with one attached hydrogen (secondary N) is 1. The summed E-state index contributed by atoms with van der Waals surface area (Å²) in [5.74, 6) is 1.86. The summed E-state index contributed by atoms with van der Waals surface area (Å²) in [4.78, 5) is 17.8. The maximum Gasteiger partial charge on any atom is 0.129 e. The Morgan fingerprint density at radius 2 is 1.60 bits per heavy atom. The van der Waals surface area contributed by atoms with Crippen molar-refractivity contribution in [3.8, 4) is 0 Å². The van der Waals surface area contributed by atoms with Crippen LogP contribution in [0.4, 0.5) is 0 Å². The molecular formula is C21H22N4. The molecule has 0 spiro atoms. The molecule has 25 heavy (non-hydrogen) atoms. The molecule has 5 rings (SSSR count). The van der Waals surface area contributed by atoms with Gasteiger partial charge in [-0.2, -0.15) is 0 Å². The first-order valence-electron chi connectivity index (χ1n) is 9.40. The summed E-state index contributed by atoms with van der Waals surface area (Å²) in [5.41, 5.74) is 5.93. The van der Waals surface area contributed by atoms with E-state index in [4.69, 9.17) is 15.0 Å². The van der Waals surface area contributed by atoms with E-state index < -0.39 is 0 Å². The van der Waals surface area contributed by atoms with E-state index in [0.29, 0.717) is 0 Å². The Balaban J connectivity index is 1.47. The van der Waals surface area contributed by atoms with Gasteiger partial charge in [-0.1, -0.05) is 44.2 Å². The zero-order chi connectivity index (χ0) is 16.6. The number of hydrogen-bond donors (Lipinski definition) is 1. The minimum atomic E-state index is 0.870. The predicted octanol–water partition coefficient (Wildman–Crippen LogP) is 5.17. The quantitative estimate of drug-likeness (QED) is 0.527. The van der Waals surface area contributed by atoms with E-state index in [-0.39, 0.29) is 0 Å². The second kappa shape index (κ2) is 6.10. The number of rotatable bonds is 3. The zero-order valence-electron chi connectivity index (χ0n) is 14.3. The fraction of sp³-hybridized carbons (Fsp3) is 0.381. The molecule has 4 heteroatoms. The van der Waals surface area contributed by atoms with Crippen LogP contribution in [-0.2, 0) is 6.42 Å². The normalized spacial score (nSPS) is 16.2. The second-order valence-electron chi connectivity index (χ2n) is 7.29. The highest BCUT2D eigenvalue weighted by Crippen LogP contribution is 2.28. The third-order valence-corrected chi connectivity index (χ3v) is 5.51. The summed E-state index contributed by atoms with van der Waals surface area (Å²) in [6.07, 6.45) is 9.20. The maximum absolute atomic E-state index is 4.77. The van der Waals surface area contributed by atoms with E-state index in [1.54, 1.807) is 0 Å². The van der Waals surface area contributed by atoms with E-state index in [2.05, 4.69) is 23.2 Å². The van der Waals surface area contributed by atoms with Gasteiger partial charge in [-0.25, -0.2) is 15.0 Å². The molecule has 0 amide bonds. The first-order chi connectivity index (χ1) is 12.3. The third kappa shape index (κ3) is 2.86. The first kappa shape index (κ1) is 14.8. The Morgan fingerprint density at radius 1 is 0.800 bits per heavy atom. The molecular weight excluding hydrogens is 308 g/mol. The molecule has 2 aromatic heterocycles. The lowest BCUT2D eigenvalue weighted by Gasteiger charge is -2.20. The van der Waals surface area contributed by atoms with Gasteiger partial charge in [0.1, 0.15) is 5.82 Å². The Morgan fingerprint density at radius 3 is 2.48 bits per heavy atom. The largest absolute Gasteiger partial charge is 0.352 e. The van der Waals surface area contributed by atoms with Crippen LogP contribution in [0.3, 0.4) is 0 Å². The van der Waals surface area contributed by atoms with Gasteiger partial charge in [0.25, 0.3) is 0 Å². The van der Waals surface area contributed by atoms with Crippen molar-refractivity contribution in [1.29, 1.82) is 0 Å². The molecule has 0 unspecified atom stereocenters. The highest BCUT2D eigenvalue weighted by molar-refractivity contribution is 5.94. The lowest BCUT2D eigenvalue weighted by Crippen LogP contribution is -2.07. The molecule has 1 N–H and O–H groups in total. The van der Waals surface area contributed by atoms with Crippen molar-refractivity contribution in [2.24, 2.45) is 5.92 Å². The summed E-state index contributed by atoms with van der Waals surface area (Å²) in [6.45, 7) is 0. The van der Waals surface area contributed by atoms with Gasteiger partial charge in [-0.3, -0.25) is 0 Å². The van der Waals surface area contributed by atoms with Crippen LogP contribution in [0.2, 0.25) is 0 Å². The monoisotopic (exact) mass is 330 g/mol. The van der Waals surface area contributed by atoms with Crippen molar-refractivity contribution in [3.05, 3.63) is 42.2 Å². The molecule has 4 aromatic rings. The molecule has 1 fully saturated rings. The molecule has 0 atom stereocenters. The van der Waals surface area contributed by atoms with Gasteiger partial charge in [0.15, 0.2) is 0 Å². The van der Waals surface area contributed by atoms with Crippen molar-refractivity contribution in [1.82, 2.24) is 19.9 Å². The Hall–Kier alpha value is -2.49. The van der Waals surface area contributed by atoms with Crippen LogP contribution in [0.25, 0.3) is 33.1 Å². The number of benzene rings is 2. The Labute approximate surface area is 146 Å². The van der Waals surface area contributed by atoms with E-state index in [1.165, 1.54) is 38.5 Å². The fourth-order valence-corrected chi connectivity index (χ4v) is 4.11. The van der Waals surface area contributed by atoms with Crippen LogP contribution in [-0.4, -0.2) is 19.9 Å². The number of fused-ring (bicyclic) bond motifs is 3. The molecule has 0 saturated heterocycles. The van der Waals surface area contributed by atoms with E-state index in [0.717, 1.165) is 51.3 Å². The lowest BCUT2D eigenvalue weighted by atomic mass is 9.86. The van der Waals surface area contributed by atoms with Crippen molar-refractivity contribution in [2.75, 3.05) is 0 Å². The Bertz CT molecular complexity index is 972. The summed E-state index contributed by atoms with van der Waals surface area (Å²) in [7, 11) is 0. The van der Waals surface area contributed by atoms with Gasteiger partial charge in [-0.15, -0.1) is 0 Å². The molecule has 1 aliphatic rings. The molecule has 4 nitrogen and oxygen atoms in total. The predicted molar refractivity (Wildman–Crippen MR) is 102 cm³/mol. The smallest absolute Gasteiger partial charge is 0.129 e. The van der Waals surface area contributed by atoms with Gasteiger partial charge in [0.05, 0.1) is 33.1 Å². The van der Waals surface area contributed by atoms with Crippen molar-refractivity contribution >= 4 is 33.1 Å². The molecule has 0 radical (unpaired) electrons. The molecule has 1 aliphatic carbocycles. The first-order valence-corrected chi connectivity index (χ1v) is 9.40. The van der Waals surface area contributed by atoms with Gasteiger partial charge < -0.3 is 4.98 Å². The average molecular weight is 330 g/mol. The lowest BCUT2D eigenvalue weighted by molar-refractivity contribution is 0.337. The molecule has 1 saturated carbocycles. The number of hydrogen-bond acceptors (Lipinski definition) is 3. The van der Waals surface area contributed by atoms with Crippen molar-refractivity contribution in [3.63, 3.8) is 0 Å². The SMILES string of the molecule is c1ccc2[nH]c3cc4nc(CCC5CCCCC5)nc4cc3nc2c1. The number of aromatic amines is 1. The van der Waals surface area contributed by atoms with Crippen LogP contribution in [0.1, 0.15) is 44.3 Å². The topological polar surface area (TPSA) is 54.5 Å². The number of H-pyrrole nitrogens is 1. The number of nitrogens with zero attached hydrogens (tertiary/aromatic N) is 3. The van der Waals surface area contributed by atoms with Gasteiger partial charge in [0.2, 0.25) is 0 Å². The second-order valence-corrected chi connectivity index (χ2v) is 7.29. The molecule has 2 aromatic carbocycles. The summed E-state index contributed by atoms with van der Waals surface area (Å²) < 4.78 is 0. The fourth-order valence-electron chi connectivity index (χ4n) is 4.11. The minimum Gasteiger partial charge on any atom is -0.352 e. The minimum absolute atomic E-state index is 0.870. The number of aryl methyl sites for hydroxylation is 1. The molecule has 126 valence electrons. The van der Waals surface area contributed by atoms with Gasteiger partial charge in [0, 0.05) is 6.42 Å². The van der Waals surface area contributed by atoms with E-state index in [1.807, 2.05) is 18.2 Å². The summed E-state index contributed by atoms with van der Waals surface area (Å²) >= 11 is 0. The standard InChI is InChI=1S/C21H22N4/c1-2-6-14(7-3-1)10-11-21-24-19-12-17-18(13-20(19)25-21)23-16-9-5-4-8-15(16)22-17/h4-5,8-9,12-14,22H,1-3,6-7,10-11H2. The van der Waals surface area contributed by atoms with Crippen LogP contribution in [0, 0.1) is 5.92 Å².